The molecule has 1 amide bonds. The smallest absolute Gasteiger partial charge is 0.408 e. The first-order valence-electron chi connectivity index (χ1n) is 9.80. The largest absolute Gasteiger partial charge is 0.467 e. The van der Waals surface area contributed by atoms with Gasteiger partial charge in [0, 0.05) is 6.42 Å². The number of amides is 1. The summed E-state index contributed by atoms with van der Waals surface area (Å²) in [5, 5.41) is 2.31. The van der Waals surface area contributed by atoms with Crippen molar-refractivity contribution in [3.63, 3.8) is 0 Å². The first-order valence-corrected chi connectivity index (χ1v) is 11.7. The fraction of sp³-hybridized carbons (Fsp3) is 0.273. The summed E-state index contributed by atoms with van der Waals surface area (Å²) in [6.45, 7) is -0.0302. The molecule has 11 heteroatoms. The Morgan fingerprint density at radius 1 is 0.909 bits per heavy atom. The molecule has 0 bridgehead atoms. The molecule has 0 radical (unpaired) electrons. The highest BCUT2D eigenvalue weighted by Crippen LogP contribution is 2.53. The number of hydrogen-bond donors (Lipinski definition) is 3. The van der Waals surface area contributed by atoms with Crippen LogP contribution in [0.25, 0.3) is 0 Å². The van der Waals surface area contributed by atoms with Gasteiger partial charge in [-0.2, -0.15) is 0 Å². The molecule has 176 valence electrons. The Hall–Kier alpha value is -3.33. The first kappa shape index (κ1) is 25.9. The van der Waals surface area contributed by atoms with E-state index in [0.29, 0.717) is 0 Å². The number of rotatable bonds is 10. The Morgan fingerprint density at radius 2 is 1.52 bits per heavy atom. The van der Waals surface area contributed by atoms with Gasteiger partial charge in [0.2, 0.25) is 0 Å². The van der Waals surface area contributed by atoms with Crippen molar-refractivity contribution in [3.8, 4) is 0 Å². The molecule has 3 N–H and O–H groups in total. The Kier molecular flexibility index (Phi) is 9.47. The second-order valence-electron chi connectivity index (χ2n) is 6.90. The number of benzene rings is 2. The van der Waals surface area contributed by atoms with E-state index in [9.17, 15) is 29.0 Å². The maximum absolute atomic E-state index is 12.6. The van der Waals surface area contributed by atoms with Crippen LogP contribution in [-0.2, 0) is 25.6 Å². The number of carbonyl (C=O) groups excluding carboxylic acids is 4. The van der Waals surface area contributed by atoms with Crippen LogP contribution in [0.15, 0.2) is 54.6 Å². The topological polar surface area (TPSA) is 148 Å². The number of alkyl carbamates (subject to hydrolysis) is 1. The van der Waals surface area contributed by atoms with Gasteiger partial charge >= 0.3 is 31.3 Å². The standard InChI is InChI=1S/C22H24NO9P/c1-30-19(24)16-8-10-17(11-9-16)21(26)33(28,29)13-12-18(20(25)31-2)23-22(27)32-14-15-6-4-3-5-7-15/h3-11,18,28-29H,12-14H2,1-2H3/p+1/t18-/m0/s1. The summed E-state index contributed by atoms with van der Waals surface area (Å²) in [5.74, 6) is -1.43. The molecule has 0 spiro atoms. The first-order chi connectivity index (χ1) is 15.7. The van der Waals surface area contributed by atoms with Gasteiger partial charge < -0.3 is 19.5 Å². The Labute approximate surface area is 191 Å². The molecule has 0 aliphatic heterocycles. The zero-order chi connectivity index (χ0) is 24.4. The van der Waals surface area contributed by atoms with Gasteiger partial charge in [-0.3, -0.25) is 0 Å². The maximum Gasteiger partial charge on any atom is 0.408 e. The van der Waals surface area contributed by atoms with Crippen LogP contribution in [0, 0.1) is 0 Å². The van der Waals surface area contributed by atoms with E-state index >= 15 is 0 Å². The van der Waals surface area contributed by atoms with Crippen LogP contribution in [0.2, 0.25) is 0 Å². The van der Waals surface area contributed by atoms with Gasteiger partial charge in [0.15, 0.2) is 0 Å². The van der Waals surface area contributed by atoms with Crippen molar-refractivity contribution in [2.75, 3.05) is 20.4 Å². The van der Waals surface area contributed by atoms with E-state index in [4.69, 9.17) is 4.74 Å². The lowest BCUT2D eigenvalue weighted by atomic mass is 10.1. The second-order valence-corrected chi connectivity index (χ2v) is 9.21. The van der Waals surface area contributed by atoms with Crippen LogP contribution in [-0.4, -0.2) is 59.8 Å². The number of methoxy groups -OCH3 is 2. The van der Waals surface area contributed by atoms with Crippen LogP contribution >= 0.6 is 7.72 Å². The highest BCUT2D eigenvalue weighted by Gasteiger charge is 2.45. The van der Waals surface area contributed by atoms with Gasteiger partial charge in [-0.25, -0.2) is 29.0 Å². The van der Waals surface area contributed by atoms with Gasteiger partial charge in [-0.15, -0.1) is 0 Å². The van der Waals surface area contributed by atoms with Crippen LogP contribution in [0.5, 0.6) is 0 Å². The normalized spacial score (nSPS) is 11.8. The van der Waals surface area contributed by atoms with Gasteiger partial charge in [-0.1, -0.05) is 30.3 Å². The van der Waals surface area contributed by atoms with Gasteiger partial charge in [0.1, 0.15) is 18.8 Å². The van der Waals surface area contributed by atoms with Gasteiger partial charge in [-0.05, 0) is 29.8 Å². The highest BCUT2D eigenvalue weighted by molar-refractivity contribution is 7.81. The Balaban J connectivity index is 1.98. The monoisotopic (exact) mass is 478 g/mol. The third kappa shape index (κ3) is 7.64. The molecule has 0 heterocycles. The molecule has 0 aromatic heterocycles. The summed E-state index contributed by atoms with van der Waals surface area (Å²) >= 11 is 0. The lowest BCUT2D eigenvalue weighted by molar-refractivity contribution is -0.143. The van der Waals surface area contributed by atoms with E-state index in [0.717, 1.165) is 12.7 Å². The molecule has 2 aromatic rings. The van der Waals surface area contributed by atoms with Crippen molar-refractivity contribution in [3.05, 3.63) is 71.3 Å². The van der Waals surface area contributed by atoms with Crippen LogP contribution in [0.1, 0.15) is 32.7 Å². The van der Waals surface area contributed by atoms with Crippen LogP contribution < -0.4 is 5.32 Å². The van der Waals surface area contributed by atoms with Crippen molar-refractivity contribution in [1.29, 1.82) is 0 Å². The molecule has 1 atom stereocenters. The van der Waals surface area contributed by atoms with Crippen LogP contribution in [0.3, 0.4) is 0 Å². The minimum atomic E-state index is -4.17. The molecule has 0 saturated carbocycles. The van der Waals surface area contributed by atoms with Gasteiger partial charge in [0.05, 0.1) is 25.3 Å². The molecule has 0 aliphatic rings. The number of ether oxygens (including phenoxy) is 3. The third-order valence-corrected chi connectivity index (χ3v) is 6.39. The molecule has 2 aromatic carbocycles. The quantitative estimate of drug-likeness (QED) is 0.266. The fourth-order valence-electron chi connectivity index (χ4n) is 2.78. The van der Waals surface area contributed by atoms with E-state index in [1.807, 2.05) is 6.07 Å². The SMILES string of the molecule is COC(=O)c1ccc(C(=O)[P+](O)(O)CC[C@H](NC(=O)OCc2ccccc2)C(=O)OC)cc1. The summed E-state index contributed by atoms with van der Waals surface area (Å²) in [6, 6.07) is 12.8. The molecule has 33 heavy (non-hydrogen) atoms. The second kappa shape index (κ2) is 12.1. The predicted molar refractivity (Wildman–Crippen MR) is 119 cm³/mol. The molecule has 0 unspecified atom stereocenters. The maximum atomic E-state index is 12.6. The number of esters is 2. The van der Waals surface area contributed by atoms with E-state index in [-0.39, 0.29) is 24.2 Å². The summed E-state index contributed by atoms with van der Waals surface area (Å²) in [4.78, 5) is 68.9. The number of nitrogens with one attached hydrogen (secondary N) is 1. The summed E-state index contributed by atoms with van der Waals surface area (Å²) in [6.07, 6.45) is -1.66. The zero-order valence-electron chi connectivity index (χ0n) is 18.1. The molecular weight excluding hydrogens is 453 g/mol. The van der Waals surface area contributed by atoms with Crippen molar-refractivity contribution < 1.29 is 43.2 Å². The predicted octanol–water partition coefficient (Wildman–Crippen LogP) is 2.30. The van der Waals surface area contributed by atoms with Crippen molar-refractivity contribution >= 4 is 31.3 Å². The molecule has 0 fully saturated rings. The summed E-state index contributed by atoms with van der Waals surface area (Å²) in [5.41, 5.74) is -0.0282. The minimum Gasteiger partial charge on any atom is -0.467 e. The third-order valence-electron chi connectivity index (χ3n) is 4.60. The van der Waals surface area contributed by atoms with Gasteiger partial charge in [0.25, 0.3) is 0 Å². The number of carbonyl (C=O) groups is 4. The molecule has 0 saturated heterocycles. The highest BCUT2D eigenvalue weighted by atomic mass is 31.2. The average Bonchev–Trinajstić information content (AvgIpc) is 2.84. The Morgan fingerprint density at radius 3 is 2.09 bits per heavy atom. The number of hydrogen-bond acceptors (Lipinski definition) is 9. The van der Waals surface area contributed by atoms with Crippen molar-refractivity contribution in [2.24, 2.45) is 0 Å². The zero-order valence-corrected chi connectivity index (χ0v) is 19.0. The minimum absolute atomic E-state index is 0.0224. The average molecular weight is 478 g/mol. The Bertz CT molecular complexity index is 977. The van der Waals surface area contributed by atoms with E-state index in [1.165, 1.54) is 31.4 Å². The van der Waals surface area contributed by atoms with Crippen molar-refractivity contribution in [1.82, 2.24) is 5.32 Å². The molecule has 0 aliphatic carbocycles. The van der Waals surface area contributed by atoms with E-state index in [2.05, 4.69) is 14.8 Å². The molecular formula is C22H25NO9P+. The molecule has 2 rings (SSSR count). The lowest BCUT2D eigenvalue weighted by Gasteiger charge is -2.17. The van der Waals surface area contributed by atoms with Crippen LogP contribution in [0.4, 0.5) is 4.79 Å². The van der Waals surface area contributed by atoms with E-state index < -0.39 is 43.5 Å². The summed E-state index contributed by atoms with van der Waals surface area (Å²) < 4.78 is 14.3. The summed E-state index contributed by atoms with van der Waals surface area (Å²) in [7, 11) is -1.84. The fourth-order valence-corrected chi connectivity index (χ4v) is 4.17. The lowest BCUT2D eigenvalue weighted by Crippen LogP contribution is -2.42. The van der Waals surface area contributed by atoms with Crippen molar-refractivity contribution in [2.45, 2.75) is 19.1 Å². The molecule has 10 nitrogen and oxygen atoms in total. The van der Waals surface area contributed by atoms with E-state index in [1.54, 1.807) is 24.3 Å².